The van der Waals surface area contributed by atoms with E-state index in [9.17, 15) is 18.0 Å². The van der Waals surface area contributed by atoms with Gasteiger partial charge in [0.05, 0.1) is 16.8 Å². The summed E-state index contributed by atoms with van der Waals surface area (Å²) in [5, 5.41) is 11.3. The van der Waals surface area contributed by atoms with Crippen LogP contribution in [0.15, 0.2) is 18.2 Å². The Bertz CT molecular complexity index is 542. The molecule has 0 saturated heterocycles. The van der Waals surface area contributed by atoms with Crippen molar-refractivity contribution in [2.24, 2.45) is 5.92 Å². The van der Waals surface area contributed by atoms with Crippen LogP contribution < -0.4 is 5.32 Å². The van der Waals surface area contributed by atoms with E-state index in [1.807, 2.05) is 0 Å². The van der Waals surface area contributed by atoms with Crippen LogP contribution >= 0.6 is 0 Å². The van der Waals surface area contributed by atoms with Gasteiger partial charge in [-0.25, -0.2) is 0 Å². The van der Waals surface area contributed by atoms with Crippen LogP contribution in [-0.4, -0.2) is 5.91 Å². The first-order valence-electron chi connectivity index (χ1n) is 5.81. The number of anilines is 1. The van der Waals surface area contributed by atoms with Gasteiger partial charge in [0.1, 0.15) is 6.07 Å². The van der Waals surface area contributed by atoms with Gasteiger partial charge in [-0.1, -0.05) is 0 Å². The standard InChI is InChI=1S/C13H11F3N2O/c14-13(15,16)10-3-4-11(9(6-10)7-17)18-12(19)5-8-1-2-8/h3-4,6,8H,1-2,5H2,(H,18,19). The number of carbonyl (C=O) groups is 1. The van der Waals surface area contributed by atoms with Gasteiger partial charge >= 0.3 is 6.18 Å². The zero-order valence-electron chi connectivity index (χ0n) is 9.92. The molecule has 0 bridgehead atoms. The molecule has 0 unspecified atom stereocenters. The summed E-state index contributed by atoms with van der Waals surface area (Å²) >= 11 is 0. The fourth-order valence-electron chi connectivity index (χ4n) is 1.71. The number of alkyl halides is 3. The highest BCUT2D eigenvalue weighted by Gasteiger charge is 2.31. The minimum atomic E-state index is -4.50. The largest absolute Gasteiger partial charge is 0.416 e. The molecule has 1 N–H and O–H groups in total. The lowest BCUT2D eigenvalue weighted by Crippen LogP contribution is -2.14. The third-order valence-corrected chi connectivity index (χ3v) is 2.91. The summed E-state index contributed by atoms with van der Waals surface area (Å²) in [6.07, 6.45) is -2.13. The SMILES string of the molecule is N#Cc1cc(C(F)(F)F)ccc1NC(=O)CC1CC1. The summed E-state index contributed by atoms with van der Waals surface area (Å²) in [4.78, 5) is 11.6. The van der Waals surface area contributed by atoms with E-state index in [1.165, 1.54) is 0 Å². The highest BCUT2D eigenvalue weighted by Crippen LogP contribution is 2.34. The summed E-state index contributed by atoms with van der Waals surface area (Å²) in [5.41, 5.74) is -0.954. The van der Waals surface area contributed by atoms with Gasteiger partial charge in [0, 0.05) is 6.42 Å². The molecular formula is C13H11F3N2O. The first-order chi connectivity index (χ1) is 8.90. The van der Waals surface area contributed by atoms with Gasteiger partial charge < -0.3 is 5.32 Å². The number of nitrogens with zero attached hydrogens (tertiary/aromatic N) is 1. The van der Waals surface area contributed by atoms with Gasteiger partial charge in [-0.2, -0.15) is 18.4 Å². The Kier molecular flexibility index (Phi) is 3.47. The van der Waals surface area contributed by atoms with E-state index < -0.39 is 11.7 Å². The third kappa shape index (κ3) is 3.47. The van der Waals surface area contributed by atoms with E-state index >= 15 is 0 Å². The molecule has 2 rings (SSSR count). The van der Waals surface area contributed by atoms with Crippen molar-refractivity contribution in [3.8, 4) is 6.07 Å². The molecule has 1 fully saturated rings. The quantitative estimate of drug-likeness (QED) is 0.914. The zero-order valence-corrected chi connectivity index (χ0v) is 9.92. The second-order valence-corrected chi connectivity index (χ2v) is 4.57. The molecule has 19 heavy (non-hydrogen) atoms. The van der Waals surface area contributed by atoms with Crippen LogP contribution in [0.25, 0.3) is 0 Å². The Balaban J connectivity index is 2.16. The van der Waals surface area contributed by atoms with Crippen molar-refractivity contribution in [3.63, 3.8) is 0 Å². The molecule has 1 aliphatic rings. The van der Waals surface area contributed by atoms with Crippen molar-refractivity contribution in [1.82, 2.24) is 0 Å². The van der Waals surface area contributed by atoms with Crippen molar-refractivity contribution in [2.45, 2.75) is 25.4 Å². The molecule has 0 radical (unpaired) electrons. The lowest BCUT2D eigenvalue weighted by Gasteiger charge is -2.10. The van der Waals surface area contributed by atoms with E-state index in [4.69, 9.17) is 5.26 Å². The van der Waals surface area contributed by atoms with Gasteiger partial charge in [0.15, 0.2) is 0 Å². The maximum absolute atomic E-state index is 12.5. The van der Waals surface area contributed by atoms with E-state index in [0.717, 1.165) is 31.0 Å². The molecule has 1 amide bonds. The lowest BCUT2D eigenvalue weighted by molar-refractivity contribution is -0.137. The van der Waals surface area contributed by atoms with Crippen LogP contribution in [0.3, 0.4) is 0 Å². The second-order valence-electron chi connectivity index (χ2n) is 4.57. The monoisotopic (exact) mass is 268 g/mol. The van der Waals surface area contributed by atoms with Crippen LogP contribution in [-0.2, 0) is 11.0 Å². The summed E-state index contributed by atoms with van der Waals surface area (Å²) < 4.78 is 37.4. The summed E-state index contributed by atoms with van der Waals surface area (Å²) in [5.74, 6) is 0.110. The molecule has 1 aromatic rings. The molecule has 1 aliphatic carbocycles. The van der Waals surface area contributed by atoms with Crippen LogP contribution in [0.4, 0.5) is 18.9 Å². The van der Waals surface area contributed by atoms with Crippen LogP contribution in [0.1, 0.15) is 30.4 Å². The molecule has 6 heteroatoms. The van der Waals surface area contributed by atoms with Crippen molar-refractivity contribution >= 4 is 11.6 Å². The zero-order chi connectivity index (χ0) is 14.0. The van der Waals surface area contributed by atoms with Crippen molar-refractivity contribution in [3.05, 3.63) is 29.3 Å². The molecule has 0 aromatic heterocycles. The Hall–Kier alpha value is -2.03. The van der Waals surface area contributed by atoms with Crippen molar-refractivity contribution in [1.29, 1.82) is 5.26 Å². The number of hydrogen-bond donors (Lipinski definition) is 1. The number of benzene rings is 1. The average molecular weight is 268 g/mol. The maximum Gasteiger partial charge on any atom is 0.416 e. The van der Waals surface area contributed by atoms with Crippen molar-refractivity contribution < 1.29 is 18.0 Å². The number of hydrogen-bond acceptors (Lipinski definition) is 2. The van der Waals surface area contributed by atoms with Gasteiger partial charge in [0.25, 0.3) is 0 Å². The number of nitriles is 1. The lowest BCUT2D eigenvalue weighted by atomic mass is 10.1. The molecule has 0 aliphatic heterocycles. The van der Waals surface area contributed by atoms with Gasteiger partial charge in [-0.15, -0.1) is 0 Å². The molecule has 1 saturated carbocycles. The van der Waals surface area contributed by atoms with Gasteiger partial charge in [-0.3, -0.25) is 4.79 Å². The average Bonchev–Trinajstić information content (AvgIpc) is 3.11. The van der Waals surface area contributed by atoms with Gasteiger partial charge in [0.2, 0.25) is 5.91 Å². The topological polar surface area (TPSA) is 52.9 Å². The number of nitrogens with one attached hydrogen (secondary N) is 1. The van der Waals surface area contributed by atoms with E-state index in [2.05, 4.69) is 5.32 Å². The maximum atomic E-state index is 12.5. The highest BCUT2D eigenvalue weighted by atomic mass is 19.4. The first kappa shape index (κ1) is 13.4. The third-order valence-electron chi connectivity index (χ3n) is 2.91. The van der Waals surface area contributed by atoms with Crippen molar-refractivity contribution in [2.75, 3.05) is 5.32 Å². The first-order valence-corrected chi connectivity index (χ1v) is 5.81. The number of halogens is 3. The highest BCUT2D eigenvalue weighted by molar-refractivity contribution is 5.92. The number of rotatable bonds is 3. The predicted molar refractivity (Wildman–Crippen MR) is 62.1 cm³/mol. The molecular weight excluding hydrogens is 257 g/mol. The molecule has 1 aromatic carbocycles. The predicted octanol–water partition coefficient (Wildman–Crippen LogP) is 3.32. The minimum absolute atomic E-state index is 0.126. The molecule has 3 nitrogen and oxygen atoms in total. The Morgan fingerprint density at radius 2 is 2.11 bits per heavy atom. The second kappa shape index (κ2) is 4.92. The van der Waals surface area contributed by atoms with Crippen LogP contribution in [0, 0.1) is 17.2 Å². The molecule has 100 valence electrons. The fourth-order valence-corrected chi connectivity index (χ4v) is 1.71. The van der Waals surface area contributed by atoms with Crippen LogP contribution in [0.2, 0.25) is 0 Å². The fraction of sp³-hybridized carbons (Fsp3) is 0.385. The Morgan fingerprint density at radius 3 is 2.63 bits per heavy atom. The summed E-state index contributed by atoms with van der Waals surface area (Å²) in [6.45, 7) is 0. The molecule has 0 atom stereocenters. The minimum Gasteiger partial charge on any atom is -0.325 e. The van der Waals surface area contributed by atoms with E-state index in [-0.39, 0.29) is 17.2 Å². The van der Waals surface area contributed by atoms with Crippen LogP contribution in [0.5, 0.6) is 0 Å². The number of carbonyl (C=O) groups excluding carboxylic acids is 1. The molecule has 0 spiro atoms. The summed E-state index contributed by atoms with van der Waals surface area (Å²) in [7, 11) is 0. The smallest absolute Gasteiger partial charge is 0.325 e. The van der Waals surface area contributed by atoms with Gasteiger partial charge in [-0.05, 0) is 37.0 Å². The Morgan fingerprint density at radius 1 is 1.42 bits per heavy atom. The Labute approximate surface area is 108 Å². The van der Waals surface area contributed by atoms with E-state index in [0.29, 0.717) is 12.3 Å². The summed E-state index contributed by atoms with van der Waals surface area (Å²) in [6, 6.07) is 4.38. The normalized spacial score (nSPS) is 14.8. The number of amides is 1. The van der Waals surface area contributed by atoms with E-state index in [1.54, 1.807) is 6.07 Å². The molecule has 0 heterocycles.